The molecule has 3 rings (SSSR count). The molecule has 0 aliphatic rings. The molecule has 0 aliphatic heterocycles. The van der Waals surface area contributed by atoms with Crippen molar-refractivity contribution in [1.82, 2.24) is 9.55 Å². The van der Waals surface area contributed by atoms with Gasteiger partial charge in [-0.3, -0.25) is 0 Å². The molecule has 2 N–H and O–H groups in total. The lowest BCUT2D eigenvalue weighted by Gasteiger charge is -2.03. The van der Waals surface area contributed by atoms with Gasteiger partial charge in [0.05, 0.1) is 23.8 Å². The van der Waals surface area contributed by atoms with Crippen LogP contribution in [0, 0.1) is 3.57 Å². The molecule has 0 bridgehead atoms. The van der Waals surface area contributed by atoms with E-state index in [1.807, 2.05) is 34.9 Å². The van der Waals surface area contributed by atoms with Crippen LogP contribution in [0.4, 0.5) is 5.95 Å². The van der Waals surface area contributed by atoms with Gasteiger partial charge in [0.1, 0.15) is 5.76 Å². The molecule has 0 fully saturated rings. The first-order valence-corrected chi connectivity index (χ1v) is 6.25. The maximum Gasteiger partial charge on any atom is 0.201 e. The minimum absolute atomic E-state index is 0.512. The van der Waals surface area contributed by atoms with Gasteiger partial charge in [-0.1, -0.05) is 0 Å². The molecule has 4 nitrogen and oxygen atoms in total. The second-order valence-corrected chi connectivity index (χ2v) is 5.01. The van der Waals surface area contributed by atoms with Crippen LogP contribution in [0.2, 0.25) is 0 Å². The van der Waals surface area contributed by atoms with Gasteiger partial charge >= 0.3 is 0 Å². The Labute approximate surface area is 112 Å². The summed E-state index contributed by atoms with van der Waals surface area (Å²) in [6.07, 6.45) is 1.66. The fraction of sp³-hybridized carbons (Fsp3) is 0.0833. The van der Waals surface area contributed by atoms with Crippen LogP contribution in [0.25, 0.3) is 11.0 Å². The predicted octanol–water partition coefficient (Wildman–Crippen LogP) is 2.86. The van der Waals surface area contributed by atoms with Crippen LogP contribution in [0.15, 0.2) is 41.0 Å². The molecular formula is C12H10IN3O. The van der Waals surface area contributed by atoms with E-state index in [9.17, 15) is 0 Å². The zero-order valence-electron chi connectivity index (χ0n) is 8.93. The molecule has 0 amide bonds. The third-order valence-corrected chi connectivity index (χ3v) is 3.30. The van der Waals surface area contributed by atoms with Gasteiger partial charge in [0.15, 0.2) is 0 Å². The third kappa shape index (κ3) is 1.90. The molecule has 2 heterocycles. The first-order chi connectivity index (χ1) is 8.24. The van der Waals surface area contributed by atoms with Crippen LogP contribution in [0.1, 0.15) is 5.76 Å². The summed E-state index contributed by atoms with van der Waals surface area (Å²) in [5.74, 6) is 1.38. The maximum absolute atomic E-state index is 5.93. The number of hydrogen-bond donors (Lipinski definition) is 1. The van der Waals surface area contributed by atoms with Crippen molar-refractivity contribution in [2.75, 3.05) is 5.73 Å². The number of fused-ring (bicyclic) bond motifs is 1. The fourth-order valence-corrected chi connectivity index (χ4v) is 2.32. The normalized spacial score (nSPS) is 11.1. The second-order valence-electron chi connectivity index (χ2n) is 3.77. The number of nitrogens with two attached hydrogens (primary N) is 1. The molecule has 0 saturated heterocycles. The Morgan fingerprint density at radius 1 is 1.35 bits per heavy atom. The van der Waals surface area contributed by atoms with E-state index in [0.29, 0.717) is 12.5 Å². The molecule has 0 unspecified atom stereocenters. The van der Waals surface area contributed by atoms with E-state index in [0.717, 1.165) is 20.4 Å². The first-order valence-electron chi connectivity index (χ1n) is 5.18. The summed E-state index contributed by atoms with van der Waals surface area (Å²) in [5, 5.41) is 0. The van der Waals surface area contributed by atoms with E-state index in [-0.39, 0.29) is 0 Å². The minimum Gasteiger partial charge on any atom is -0.467 e. The van der Waals surface area contributed by atoms with Gasteiger partial charge in [-0.05, 0) is 52.9 Å². The number of aromatic nitrogens is 2. The Hall–Kier alpha value is -1.50. The van der Waals surface area contributed by atoms with Crippen LogP contribution in [-0.4, -0.2) is 9.55 Å². The number of nitrogen functional groups attached to an aromatic ring is 1. The molecule has 0 atom stereocenters. The molecule has 0 aliphatic carbocycles. The molecule has 0 radical (unpaired) electrons. The first kappa shape index (κ1) is 10.6. The minimum atomic E-state index is 0.512. The highest BCUT2D eigenvalue weighted by atomic mass is 127. The summed E-state index contributed by atoms with van der Waals surface area (Å²) in [5.41, 5.74) is 7.87. The summed E-state index contributed by atoms with van der Waals surface area (Å²) in [7, 11) is 0. The van der Waals surface area contributed by atoms with Gasteiger partial charge < -0.3 is 14.7 Å². The van der Waals surface area contributed by atoms with E-state index in [2.05, 4.69) is 27.6 Å². The number of imidazole rings is 1. The van der Waals surface area contributed by atoms with Crippen LogP contribution < -0.4 is 5.73 Å². The number of rotatable bonds is 2. The summed E-state index contributed by atoms with van der Waals surface area (Å²) in [6.45, 7) is 0.607. The van der Waals surface area contributed by atoms with Crippen LogP contribution in [-0.2, 0) is 6.54 Å². The predicted molar refractivity (Wildman–Crippen MR) is 74.7 cm³/mol. The smallest absolute Gasteiger partial charge is 0.201 e. The number of furan rings is 1. The number of benzene rings is 1. The maximum atomic E-state index is 5.93. The summed E-state index contributed by atoms with van der Waals surface area (Å²) < 4.78 is 8.43. The van der Waals surface area contributed by atoms with Crippen molar-refractivity contribution in [1.29, 1.82) is 0 Å². The topological polar surface area (TPSA) is 57.0 Å². The summed E-state index contributed by atoms with van der Waals surface area (Å²) in [6, 6.07) is 9.89. The highest BCUT2D eigenvalue weighted by Crippen LogP contribution is 2.21. The molecular weight excluding hydrogens is 329 g/mol. The lowest BCUT2D eigenvalue weighted by atomic mass is 10.3. The lowest BCUT2D eigenvalue weighted by molar-refractivity contribution is 0.497. The highest BCUT2D eigenvalue weighted by Gasteiger charge is 2.09. The average Bonchev–Trinajstić information content (AvgIpc) is 2.88. The van der Waals surface area contributed by atoms with Crippen molar-refractivity contribution in [3.05, 3.63) is 45.9 Å². The SMILES string of the molecule is Nc1nc2cc(I)ccc2n1Cc1ccco1. The van der Waals surface area contributed by atoms with Gasteiger partial charge in [-0.2, -0.15) is 0 Å². The average molecular weight is 339 g/mol. The molecule has 5 heteroatoms. The fourth-order valence-electron chi connectivity index (χ4n) is 1.85. The Kier molecular flexibility index (Phi) is 2.54. The number of hydrogen-bond acceptors (Lipinski definition) is 3. The zero-order valence-corrected chi connectivity index (χ0v) is 11.1. The van der Waals surface area contributed by atoms with E-state index in [1.54, 1.807) is 6.26 Å². The van der Waals surface area contributed by atoms with E-state index in [4.69, 9.17) is 10.2 Å². The highest BCUT2D eigenvalue weighted by molar-refractivity contribution is 14.1. The lowest BCUT2D eigenvalue weighted by Crippen LogP contribution is -2.03. The Bertz CT molecular complexity index is 658. The quantitative estimate of drug-likeness (QED) is 0.731. The van der Waals surface area contributed by atoms with Crippen molar-refractivity contribution >= 4 is 39.6 Å². The van der Waals surface area contributed by atoms with Gasteiger partial charge in [0, 0.05) is 3.57 Å². The number of halogens is 1. The third-order valence-electron chi connectivity index (χ3n) is 2.63. The molecule has 17 heavy (non-hydrogen) atoms. The molecule has 3 aromatic rings. The molecule has 2 aromatic heterocycles. The second kappa shape index (κ2) is 4.06. The number of nitrogens with zero attached hydrogens (tertiary/aromatic N) is 2. The van der Waals surface area contributed by atoms with Crippen molar-refractivity contribution in [2.24, 2.45) is 0 Å². The Morgan fingerprint density at radius 2 is 2.24 bits per heavy atom. The van der Waals surface area contributed by atoms with Gasteiger partial charge in [-0.15, -0.1) is 0 Å². The Balaban J connectivity index is 2.12. The van der Waals surface area contributed by atoms with E-state index in [1.165, 1.54) is 0 Å². The standard InChI is InChI=1S/C12H10IN3O/c13-8-3-4-11-10(6-8)15-12(14)16(11)7-9-2-1-5-17-9/h1-6H,7H2,(H2,14,15). The summed E-state index contributed by atoms with van der Waals surface area (Å²) >= 11 is 2.26. The van der Waals surface area contributed by atoms with Crippen molar-refractivity contribution in [3.8, 4) is 0 Å². The molecule has 0 saturated carbocycles. The largest absolute Gasteiger partial charge is 0.467 e. The van der Waals surface area contributed by atoms with Gasteiger partial charge in [0.25, 0.3) is 0 Å². The van der Waals surface area contributed by atoms with E-state index < -0.39 is 0 Å². The Morgan fingerprint density at radius 3 is 3.00 bits per heavy atom. The monoisotopic (exact) mass is 339 g/mol. The number of anilines is 1. The van der Waals surface area contributed by atoms with Crippen LogP contribution in [0.5, 0.6) is 0 Å². The molecule has 0 spiro atoms. The van der Waals surface area contributed by atoms with Crippen LogP contribution >= 0.6 is 22.6 Å². The summed E-state index contributed by atoms with van der Waals surface area (Å²) in [4.78, 5) is 4.35. The van der Waals surface area contributed by atoms with Crippen molar-refractivity contribution in [2.45, 2.75) is 6.54 Å². The molecule has 86 valence electrons. The van der Waals surface area contributed by atoms with Gasteiger partial charge in [-0.25, -0.2) is 4.98 Å². The molecule has 1 aromatic carbocycles. The van der Waals surface area contributed by atoms with Crippen molar-refractivity contribution in [3.63, 3.8) is 0 Å². The van der Waals surface area contributed by atoms with Gasteiger partial charge in [0.2, 0.25) is 5.95 Å². The van der Waals surface area contributed by atoms with E-state index >= 15 is 0 Å². The van der Waals surface area contributed by atoms with Crippen LogP contribution in [0.3, 0.4) is 0 Å². The zero-order chi connectivity index (χ0) is 11.8. The van der Waals surface area contributed by atoms with Crippen molar-refractivity contribution < 1.29 is 4.42 Å².